The van der Waals surface area contributed by atoms with Crippen molar-refractivity contribution in [3.8, 4) is 11.5 Å². The highest BCUT2D eigenvalue weighted by Gasteiger charge is 2.15. The molecule has 7 heteroatoms. The Balaban J connectivity index is 1.83. The molecule has 1 aliphatic rings. The average Bonchev–Trinajstić information content (AvgIpc) is 2.62. The van der Waals surface area contributed by atoms with Crippen molar-refractivity contribution >= 4 is 17.5 Å². The summed E-state index contributed by atoms with van der Waals surface area (Å²) in [5, 5.41) is 3.31. The molecule has 0 amide bonds. The molecule has 128 valence electrons. The van der Waals surface area contributed by atoms with Crippen molar-refractivity contribution in [1.82, 2.24) is 9.97 Å². The van der Waals surface area contributed by atoms with Gasteiger partial charge in [0.2, 0.25) is 5.95 Å². The van der Waals surface area contributed by atoms with E-state index >= 15 is 0 Å². The lowest BCUT2D eigenvalue weighted by molar-refractivity contribution is 0.122. The summed E-state index contributed by atoms with van der Waals surface area (Å²) >= 11 is 0. The van der Waals surface area contributed by atoms with Crippen molar-refractivity contribution in [2.24, 2.45) is 0 Å². The second kappa shape index (κ2) is 7.35. The highest BCUT2D eigenvalue weighted by atomic mass is 16.5. The molecular weight excluding hydrogens is 308 g/mol. The quantitative estimate of drug-likeness (QED) is 0.902. The van der Waals surface area contributed by atoms with Gasteiger partial charge in [-0.05, 0) is 19.1 Å². The number of methoxy groups -OCH3 is 2. The maximum atomic E-state index is 5.39. The van der Waals surface area contributed by atoms with Gasteiger partial charge in [0.15, 0.2) is 11.5 Å². The van der Waals surface area contributed by atoms with Gasteiger partial charge in [-0.1, -0.05) is 0 Å². The Bertz CT molecular complexity index is 702. The minimum absolute atomic E-state index is 0.668. The zero-order valence-electron chi connectivity index (χ0n) is 14.2. The van der Waals surface area contributed by atoms with Crippen LogP contribution in [0.3, 0.4) is 0 Å². The zero-order valence-corrected chi connectivity index (χ0v) is 14.2. The van der Waals surface area contributed by atoms with Crippen molar-refractivity contribution < 1.29 is 14.2 Å². The molecule has 0 radical (unpaired) electrons. The van der Waals surface area contributed by atoms with Crippen LogP contribution < -0.4 is 19.7 Å². The van der Waals surface area contributed by atoms with E-state index in [2.05, 4.69) is 20.2 Å². The van der Waals surface area contributed by atoms with E-state index in [9.17, 15) is 0 Å². The first-order valence-electron chi connectivity index (χ1n) is 7.87. The summed E-state index contributed by atoms with van der Waals surface area (Å²) in [6.07, 6.45) is 0. The van der Waals surface area contributed by atoms with Gasteiger partial charge in [-0.2, -0.15) is 4.98 Å². The SMILES string of the molecule is COc1ccc(Nc2cc(C)nc(N3CCOCC3)n2)cc1OC. The molecule has 1 fully saturated rings. The summed E-state index contributed by atoms with van der Waals surface area (Å²) in [5.41, 5.74) is 1.79. The highest BCUT2D eigenvalue weighted by Crippen LogP contribution is 2.31. The van der Waals surface area contributed by atoms with Crippen LogP contribution in [0.15, 0.2) is 24.3 Å². The monoisotopic (exact) mass is 330 g/mol. The summed E-state index contributed by atoms with van der Waals surface area (Å²) in [6, 6.07) is 7.58. The molecule has 1 N–H and O–H groups in total. The fourth-order valence-electron chi connectivity index (χ4n) is 2.58. The number of anilines is 3. The van der Waals surface area contributed by atoms with Crippen molar-refractivity contribution in [2.45, 2.75) is 6.92 Å². The van der Waals surface area contributed by atoms with Crippen LogP contribution in [0.2, 0.25) is 0 Å². The average molecular weight is 330 g/mol. The predicted octanol–water partition coefficient (Wildman–Crippen LogP) is 2.38. The number of benzene rings is 1. The van der Waals surface area contributed by atoms with E-state index in [1.165, 1.54) is 0 Å². The van der Waals surface area contributed by atoms with Crippen molar-refractivity contribution in [1.29, 1.82) is 0 Å². The van der Waals surface area contributed by atoms with E-state index in [1.54, 1.807) is 14.2 Å². The summed E-state index contributed by atoms with van der Waals surface area (Å²) < 4.78 is 16.0. The van der Waals surface area contributed by atoms with Gasteiger partial charge in [-0.25, -0.2) is 4.98 Å². The van der Waals surface area contributed by atoms with Gasteiger partial charge >= 0.3 is 0 Å². The Morgan fingerprint density at radius 1 is 1.04 bits per heavy atom. The Labute approximate surface area is 141 Å². The molecule has 1 aromatic carbocycles. The maximum Gasteiger partial charge on any atom is 0.227 e. The summed E-state index contributed by atoms with van der Waals surface area (Å²) in [4.78, 5) is 11.3. The van der Waals surface area contributed by atoms with Crippen LogP contribution >= 0.6 is 0 Å². The van der Waals surface area contributed by atoms with E-state index in [0.717, 1.165) is 36.2 Å². The number of ether oxygens (including phenoxy) is 3. The molecule has 0 spiro atoms. The summed E-state index contributed by atoms with van der Waals surface area (Å²) in [7, 11) is 3.24. The number of rotatable bonds is 5. The molecule has 0 unspecified atom stereocenters. The van der Waals surface area contributed by atoms with Crippen LogP contribution in [0, 0.1) is 6.92 Å². The predicted molar refractivity (Wildman–Crippen MR) is 92.6 cm³/mol. The maximum absolute atomic E-state index is 5.39. The number of hydrogen-bond acceptors (Lipinski definition) is 7. The van der Waals surface area contributed by atoms with Gasteiger partial charge in [0.1, 0.15) is 5.82 Å². The van der Waals surface area contributed by atoms with E-state index in [0.29, 0.717) is 24.7 Å². The van der Waals surface area contributed by atoms with Crippen molar-refractivity contribution in [3.63, 3.8) is 0 Å². The third-order valence-corrected chi connectivity index (χ3v) is 3.79. The first kappa shape index (κ1) is 16.3. The van der Waals surface area contributed by atoms with E-state index < -0.39 is 0 Å². The molecular formula is C17H22N4O3. The molecule has 0 bridgehead atoms. The first-order chi connectivity index (χ1) is 11.7. The Morgan fingerprint density at radius 2 is 1.79 bits per heavy atom. The normalized spacial score (nSPS) is 14.4. The summed E-state index contributed by atoms with van der Waals surface area (Å²) in [5.74, 6) is 2.83. The Hall–Kier alpha value is -2.54. The second-order valence-electron chi connectivity index (χ2n) is 5.49. The van der Waals surface area contributed by atoms with Crippen LogP contribution in [0.25, 0.3) is 0 Å². The van der Waals surface area contributed by atoms with E-state index in [4.69, 9.17) is 14.2 Å². The molecule has 3 rings (SSSR count). The first-order valence-corrected chi connectivity index (χ1v) is 7.87. The molecule has 7 nitrogen and oxygen atoms in total. The lowest BCUT2D eigenvalue weighted by atomic mass is 10.2. The van der Waals surface area contributed by atoms with Gasteiger partial charge in [-0.15, -0.1) is 0 Å². The highest BCUT2D eigenvalue weighted by molar-refractivity contribution is 5.62. The van der Waals surface area contributed by atoms with Crippen molar-refractivity contribution in [2.75, 3.05) is 50.7 Å². The number of nitrogens with zero attached hydrogens (tertiary/aromatic N) is 3. The largest absolute Gasteiger partial charge is 0.493 e. The van der Waals surface area contributed by atoms with Crippen LogP contribution in [0.1, 0.15) is 5.69 Å². The van der Waals surface area contributed by atoms with Crippen LogP contribution in [-0.4, -0.2) is 50.5 Å². The summed E-state index contributed by atoms with van der Waals surface area (Å²) in [6.45, 7) is 4.98. The van der Waals surface area contributed by atoms with E-state index in [-0.39, 0.29) is 0 Å². The van der Waals surface area contributed by atoms with Gasteiger partial charge < -0.3 is 24.4 Å². The fourth-order valence-corrected chi connectivity index (χ4v) is 2.58. The van der Waals surface area contributed by atoms with Crippen LogP contribution in [-0.2, 0) is 4.74 Å². The Morgan fingerprint density at radius 3 is 2.50 bits per heavy atom. The van der Waals surface area contributed by atoms with Crippen LogP contribution in [0.4, 0.5) is 17.5 Å². The fraction of sp³-hybridized carbons (Fsp3) is 0.412. The lowest BCUT2D eigenvalue weighted by Gasteiger charge is -2.27. The third kappa shape index (κ3) is 3.68. The minimum Gasteiger partial charge on any atom is -0.493 e. The molecule has 2 aromatic rings. The van der Waals surface area contributed by atoms with Crippen LogP contribution in [0.5, 0.6) is 11.5 Å². The van der Waals surface area contributed by atoms with Gasteiger partial charge in [0, 0.05) is 36.6 Å². The molecule has 0 atom stereocenters. The number of aryl methyl sites for hydroxylation is 1. The third-order valence-electron chi connectivity index (χ3n) is 3.79. The number of aromatic nitrogens is 2. The Kier molecular flexibility index (Phi) is 5.00. The number of morpholine rings is 1. The van der Waals surface area contributed by atoms with Gasteiger partial charge in [0.05, 0.1) is 27.4 Å². The van der Waals surface area contributed by atoms with Gasteiger partial charge in [-0.3, -0.25) is 0 Å². The second-order valence-corrected chi connectivity index (χ2v) is 5.49. The minimum atomic E-state index is 0.668. The molecule has 1 aromatic heterocycles. The molecule has 1 saturated heterocycles. The molecule has 2 heterocycles. The number of hydrogen-bond donors (Lipinski definition) is 1. The molecule has 0 saturated carbocycles. The topological polar surface area (TPSA) is 68.7 Å². The molecule has 1 aliphatic heterocycles. The zero-order chi connectivity index (χ0) is 16.9. The standard InChI is InChI=1S/C17H22N4O3/c1-12-10-16(20-17(18-12)21-6-8-24-9-7-21)19-13-4-5-14(22-2)15(11-13)23-3/h4-5,10-11H,6-9H2,1-3H3,(H,18,19,20). The number of nitrogens with one attached hydrogen (secondary N) is 1. The molecule has 0 aliphatic carbocycles. The van der Waals surface area contributed by atoms with E-state index in [1.807, 2.05) is 31.2 Å². The van der Waals surface area contributed by atoms with Gasteiger partial charge in [0.25, 0.3) is 0 Å². The molecule has 24 heavy (non-hydrogen) atoms. The van der Waals surface area contributed by atoms with Crippen molar-refractivity contribution in [3.05, 3.63) is 30.0 Å². The smallest absolute Gasteiger partial charge is 0.227 e. The lowest BCUT2D eigenvalue weighted by Crippen LogP contribution is -2.37.